The van der Waals surface area contributed by atoms with Crippen LogP contribution in [0.25, 0.3) is 0 Å². The van der Waals surface area contributed by atoms with Crippen molar-refractivity contribution in [2.24, 2.45) is 5.73 Å². The average molecular weight is 298 g/mol. The van der Waals surface area contributed by atoms with Crippen molar-refractivity contribution in [2.45, 2.75) is 13.8 Å². The van der Waals surface area contributed by atoms with Gasteiger partial charge in [-0.1, -0.05) is 23.8 Å². The predicted molar refractivity (Wildman–Crippen MR) is 85.0 cm³/mol. The zero-order valence-electron chi connectivity index (χ0n) is 12.6. The van der Waals surface area contributed by atoms with Gasteiger partial charge < -0.3 is 15.8 Å². The van der Waals surface area contributed by atoms with E-state index in [1.807, 2.05) is 32.0 Å². The summed E-state index contributed by atoms with van der Waals surface area (Å²) in [5, 5.41) is 2.82. The maximum absolute atomic E-state index is 12.3. The molecule has 5 nitrogen and oxygen atoms in total. The topological polar surface area (TPSA) is 81.4 Å². The number of carbonyl (C=O) groups is 2. The first kappa shape index (κ1) is 15.6. The highest BCUT2D eigenvalue weighted by atomic mass is 16.5. The first-order valence-corrected chi connectivity index (χ1v) is 6.85. The molecule has 0 aliphatic rings. The highest BCUT2D eigenvalue weighted by Gasteiger charge is 2.10. The van der Waals surface area contributed by atoms with E-state index in [0.717, 1.165) is 11.1 Å². The second-order valence-electron chi connectivity index (χ2n) is 5.06. The number of hydrogen-bond donors (Lipinski definition) is 2. The van der Waals surface area contributed by atoms with E-state index in [4.69, 9.17) is 10.5 Å². The fraction of sp³-hybridized carbons (Fsp3) is 0.176. The van der Waals surface area contributed by atoms with Crippen LogP contribution in [-0.4, -0.2) is 18.4 Å². The Morgan fingerprint density at radius 2 is 1.91 bits per heavy atom. The lowest BCUT2D eigenvalue weighted by Gasteiger charge is -2.10. The van der Waals surface area contributed by atoms with Gasteiger partial charge in [0.1, 0.15) is 5.75 Å². The molecule has 2 aromatic carbocycles. The molecule has 0 bridgehead atoms. The van der Waals surface area contributed by atoms with Gasteiger partial charge in [-0.25, -0.2) is 0 Å². The van der Waals surface area contributed by atoms with Crippen molar-refractivity contribution in [2.75, 3.05) is 11.9 Å². The van der Waals surface area contributed by atoms with Gasteiger partial charge in [-0.2, -0.15) is 0 Å². The molecule has 0 aliphatic carbocycles. The summed E-state index contributed by atoms with van der Waals surface area (Å²) in [6, 6.07) is 12.5. The first-order valence-electron chi connectivity index (χ1n) is 6.85. The molecule has 0 spiro atoms. The third-order valence-electron chi connectivity index (χ3n) is 3.11. The van der Waals surface area contributed by atoms with E-state index in [0.29, 0.717) is 17.0 Å². The van der Waals surface area contributed by atoms with Gasteiger partial charge in [0.05, 0.1) is 0 Å². The van der Waals surface area contributed by atoms with E-state index >= 15 is 0 Å². The summed E-state index contributed by atoms with van der Waals surface area (Å²) in [5.74, 6) is -0.268. The van der Waals surface area contributed by atoms with Crippen molar-refractivity contribution in [1.29, 1.82) is 0 Å². The number of benzene rings is 2. The molecule has 2 aromatic rings. The normalized spacial score (nSPS) is 10.1. The van der Waals surface area contributed by atoms with Gasteiger partial charge in [0, 0.05) is 17.3 Å². The smallest absolute Gasteiger partial charge is 0.255 e. The second kappa shape index (κ2) is 6.76. The van der Waals surface area contributed by atoms with Gasteiger partial charge in [-0.05, 0) is 37.6 Å². The van der Waals surface area contributed by atoms with Crippen LogP contribution in [0, 0.1) is 13.8 Å². The molecule has 0 unspecified atom stereocenters. The van der Waals surface area contributed by atoms with Gasteiger partial charge in [0.25, 0.3) is 11.8 Å². The number of nitrogens with one attached hydrogen (secondary N) is 1. The number of nitrogens with two attached hydrogens (primary N) is 1. The molecule has 2 rings (SSSR count). The van der Waals surface area contributed by atoms with Crippen LogP contribution in [0.1, 0.15) is 21.5 Å². The van der Waals surface area contributed by atoms with Crippen LogP contribution in [0.5, 0.6) is 5.75 Å². The summed E-state index contributed by atoms with van der Waals surface area (Å²) < 4.78 is 5.21. The Labute approximate surface area is 129 Å². The SMILES string of the molecule is Cc1ccc(C)c(C(=O)Nc2cccc(OCC(N)=O)c2)c1. The van der Waals surface area contributed by atoms with Crippen molar-refractivity contribution in [3.8, 4) is 5.75 Å². The molecule has 0 saturated heterocycles. The van der Waals surface area contributed by atoms with Gasteiger partial charge >= 0.3 is 0 Å². The molecule has 2 amide bonds. The zero-order valence-corrected chi connectivity index (χ0v) is 12.6. The predicted octanol–water partition coefficient (Wildman–Crippen LogP) is 2.42. The quantitative estimate of drug-likeness (QED) is 0.889. The summed E-state index contributed by atoms with van der Waals surface area (Å²) in [4.78, 5) is 23.1. The molecule has 0 atom stereocenters. The lowest BCUT2D eigenvalue weighted by Crippen LogP contribution is -2.20. The Morgan fingerprint density at radius 1 is 1.14 bits per heavy atom. The minimum atomic E-state index is -0.551. The number of ether oxygens (including phenoxy) is 1. The summed E-state index contributed by atoms with van der Waals surface area (Å²) in [5.41, 5.74) is 8.18. The van der Waals surface area contributed by atoms with E-state index in [2.05, 4.69) is 5.32 Å². The van der Waals surface area contributed by atoms with Crippen molar-refractivity contribution in [3.63, 3.8) is 0 Å². The summed E-state index contributed by atoms with van der Waals surface area (Å²) in [6.07, 6.45) is 0. The standard InChI is InChI=1S/C17H18N2O3/c1-11-6-7-12(2)15(8-11)17(21)19-13-4-3-5-14(9-13)22-10-16(18)20/h3-9H,10H2,1-2H3,(H2,18,20)(H,19,21). The van der Waals surface area contributed by atoms with E-state index in [1.54, 1.807) is 24.3 Å². The van der Waals surface area contributed by atoms with Crippen LogP contribution in [0.4, 0.5) is 5.69 Å². The highest BCUT2D eigenvalue weighted by Crippen LogP contribution is 2.19. The second-order valence-corrected chi connectivity index (χ2v) is 5.06. The fourth-order valence-corrected chi connectivity index (χ4v) is 2.00. The largest absolute Gasteiger partial charge is 0.484 e. The number of primary amides is 1. The Kier molecular flexibility index (Phi) is 4.78. The number of carbonyl (C=O) groups excluding carboxylic acids is 2. The van der Waals surface area contributed by atoms with Crippen molar-refractivity contribution in [3.05, 3.63) is 59.2 Å². The third kappa shape index (κ3) is 4.09. The Hall–Kier alpha value is -2.82. The van der Waals surface area contributed by atoms with Crippen LogP contribution in [-0.2, 0) is 4.79 Å². The van der Waals surface area contributed by atoms with Crippen molar-refractivity contribution < 1.29 is 14.3 Å². The molecule has 22 heavy (non-hydrogen) atoms. The summed E-state index contributed by atoms with van der Waals surface area (Å²) >= 11 is 0. The minimum Gasteiger partial charge on any atom is -0.484 e. The van der Waals surface area contributed by atoms with Gasteiger partial charge in [-0.15, -0.1) is 0 Å². The van der Waals surface area contributed by atoms with Crippen molar-refractivity contribution in [1.82, 2.24) is 0 Å². The molecule has 5 heteroatoms. The summed E-state index contributed by atoms with van der Waals surface area (Å²) in [6.45, 7) is 3.63. The molecular formula is C17H18N2O3. The molecular weight excluding hydrogens is 280 g/mol. The van der Waals surface area contributed by atoms with Crippen LogP contribution >= 0.6 is 0 Å². The molecule has 0 saturated carbocycles. The zero-order chi connectivity index (χ0) is 16.1. The molecule has 0 heterocycles. The Balaban J connectivity index is 2.13. The molecule has 114 valence electrons. The molecule has 3 N–H and O–H groups in total. The molecule has 0 aliphatic heterocycles. The van der Waals surface area contributed by atoms with E-state index < -0.39 is 5.91 Å². The lowest BCUT2D eigenvalue weighted by atomic mass is 10.1. The Morgan fingerprint density at radius 3 is 2.64 bits per heavy atom. The minimum absolute atomic E-state index is 0.187. The third-order valence-corrected chi connectivity index (χ3v) is 3.11. The number of aryl methyl sites for hydroxylation is 2. The van der Waals surface area contributed by atoms with Gasteiger partial charge in [0.2, 0.25) is 0 Å². The van der Waals surface area contributed by atoms with Gasteiger partial charge in [0.15, 0.2) is 6.61 Å². The van der Waals surface area contributed by atoms with E-state index in [9.17, 15) is 9.59 Å². The van der Waals surface area contributed by atoms with E-state index in [-0.39, 0.29) is 12.5 Å². The molecule has 0 aromatic heterocycles. The van der Waals surface area contributed by atoms with Crippen LogP contribution in [0.15, 0.2) is 42.5 Å². The van der Waals surface area contributed by atoms with Gasteiger partial charge in [-0.3, -0.25) is 9.59 Å². The number of anilines is 1. The lowest BCUT2D eigenvalue weighted by molar-refractivity contribution is -0.119. The number of amides is 2. The summed E-state index contributed by atoms with van der Waals surface area (Å²) in [7, 11) is 0. The highest BCUT2D eigenvalue weighted by molar-refractivity contribution is 6.05. The molecule has 0 fully saturated rings. The van der Waals surface area contributed by atoms with Crippen molar-refractivity contribution >= 4 is 17.5 Å². The maximum atomic E-state index is 12.3. The first-order chi connectivity index (χ1) is 10.5. The average Bonchev–Trinajstić information content (AvgIpc) is 2.48. The Bertz CT molecular complexity index is 711. The monoisotopic (exact) mass is 298 g/mol. The number of hydrogen-bond acceptors (Lipinski definition) is 3. The maximum Gasteiger partial charge on any atom is 0.255 e. The van der Waals surface area contributed by atoms with Crippen LogP contribution < -0.4 is 15.8 Å². The molecule has 0 radical (unpaired) electrons. The number of rotatable bonds is 5. The fourth-order valence-electron chi connectivity index (χ4n) is 2.00. The van der Waals surface area contributed by atoms with E-state index in [1.165, 1.54) is 0 Å². The van der Waals surface area contributed by atoms with Crippen LogP contribution in [0.3, 0.4) is 0 Å². The van der Waals surface area contributed by atoms with Crippen LogP contribution in [0.2, 0.25) is 0 Å².